The molecule has 0 aromatic rings. The quantitative estimate of drug-likeness (QED) is 0.405. The molecule has 0 unspecified atom stereocenters. The smallest absolute Gasteiger partial charge is 0.248 e. The van der Waals surface area contributed by atoms with E-state index >= 15 is 0 Å². The molecular formula is C27H40F2N4O7. The number of fused-ring (bicyclic) bond motifs is 6. The van der Waals surface area contributed by atoms with Gasteiger partial charge >= 0.3 is 0 Å². The third kappa shape index (κ3) is 5.85. The van der Waals surface area contributed by atoms with E-state index in [1.54, 1.807) is 9.80 Å². The number of nitrogens with zero attached hydrogens (tertiary/aromatic N) is 3. The molecule has 0 aromatic heterocycles. The van der Waals surface area contributed by atoms with Crippen LogP contribution < -0.4 is 5.32 Å². The first-order chi connectivity index (χ1) is 19.1. The molecule has 2 aliphatic carbocycles. The van der Waals surface area contributed by atoms with E-state index in [1.165, 1.54) is 0 Å². The molecule has 6 bridgehead atoms. The van der Waals surface area contributed by atoms with E-state index in [2.05, 4.69) is 5.32 Å². The number of halogens is 2. The number of hydrogen-bond donors (Lipinski definition) is 3. The molecule has 6 rings (SSSR count). The van der Waals surface area contributed by atoms with Crippen molar-refractivity contribution in [3.63, 3.8) is 0 Å². The van der Waals surface area contributed by atoms with Crippen LogP contribution in [0.3, 0.4) is 0 Å². The Kier molecular flexibility index (Phi) is 7.79. The number of ether oxygens (including phenoxy) is 2. The Morgan fingerprint density at radius 1 is 0.975 bits per heavy atom. The predicted molar refractivity (Wildman–Crippen MR) is 135 cm³/mol. The van der Waals surface area contributed by atoms with Crippen LogP contribution in [0, 0.1) is 5.92 Å². The first kappa shape index (κ1) is 28.2. The first-order valence-electron chi connectivity index (χ1n) is 14.7. The third-order valence-corrected chi connectivity index (χ3v) is 9.51. The number of likely N-dealkylation sites (tertiary alicyclic amines) is 1. The van der Waals surface area contributed by atoms with E-state index in [0.29, 0.717) is 26.1 Å². The summed E-state index contributed by atoms with van der Waals surface area (Å²) in [5, 5.41) is 24.4. The zero-order chi connectivity index (χ0) is 28.2. The highest BCUT2D eigenvalue weighted by atomic mass is 19.3. The van der Waals surface area contributed by atoms with E-state index in [1.807, 2.05) is 4.90 Å². The van der Waals surface area contributed by atoms with Crippen LogP contribution in [0.2, 0.25) is 0 Å². The van der Waals surface area contributed by atoms with E-state index < -0.39 is 42.5 Å². The standard InChI is InChI=1S/C27H40F2N4O7/c28-27(29)5-3-17(4-6-27)33-11-16-9-19(33)26(38)31-7-8-39-18(12-31)13-32(25(37)15-1-2-15)14-21-24(36)23(35)20(40-21)10-22(34)30-16/h15-21,23-24,35-36H,1-14H2,(H,30,34)/t16-,18-,19-,20-,21+,23-,24+/m0/s1. The Hall–Kier alpha value is -1.93. The predicted octanol–water partition coefficient (Wildman–Crippen LogP) is -0.518. The lowest BCUT2D eigenvalue weighted by molar-refractivity contribution is -0.148. The summed E-state index contributed by atoms with van der Waals surface area (Å²) in [4.78, 5) is 45.4. The fourth-order valence-corrected chi connectivity index (χ4v) is 7.13. The van der Waals surface area contributed by atoms with Crippen molar-refractivity contribution in [2.45, 2.75) is 106 Å². The van der Waals surface area contributed by atoms with Crippen LogP contribution in [0.5, 0.6) is 0 Å². The molecule has 0 aromatic carbocycles. The minimum Gasteiger partial charge on any atom is -0.388 e. The highest BCUT2D eigenvalue weighted by molar-refractivity contribution is 5.83. The number of aliphatic hydroxyl groups excluding tert-OH is 2. The second kappa shape index (κ2) is 11.0. The Morgan fingerprint density at radius 3 is 2.42 bits per heavy atom. The van der Waals surface area contributed by atoms with Crippen molar-refractivity contribution in [2.75, 3.05) is 39.3 Å². The summed E-state index contributed by atoms with van der Waals surface area (Å²) in [6.07, 6.45) is -2.94. The zero-order valence-corrected chi connectivity index (χ0v) is 22.6. The molecule has 224 valence electrons. The van der Waals surface area contributed by atoms with Crippen molar-refractivity contribution in [1.82, 2.24) is 20.0 Å². The molecule has 4 heterocycles. The minimum absolute atomic E-state index is 0.0465. The largest absolute Gasteiger partial charge is 0.388 e. The second-order valence-electron chi connectivity index (χ2n) is 12.5. The number of aliphatic hydroxyl groups is 2. The lowest BCUT2D eigenvalue weighted by atomic mass is 9.90. The Balaban J connectivity index is 1.25. The summed E-state index contributed by atoms with van der Waals surface area (Å²) in [6, 6.07) is -1.10. The lowest BCUT2D eigenvalue weighted by Gasteiger charge is -2.41. The maximum Gasteiger partial charge on any atom is 0.248 e. The third-order valence-electron chi connectivity index (χ3n) is 9.51. The molecule has 40 heavy (non-hydrogen) atoms. The van der Waals surface area contributed by atoms with E-state index in [0.717, 1.165) is 12.8 Å². The van der Waals surface area contributed by atoms with Crippen molar-refractivity contribution < 1.29 is 42.9 Å². The van der Waals surface area contributed by atoms with Crippen molar-refractivity contribution in [2.24, 2.45) is 5.92 Å². The molecule has 11 nitrogen and oxygen atoms in total. The Morgan fingerprint density at radius 2 is 1.70 bits per heavy atom. The van der Waals surface area contributed by atoms with Gasteiger partial charge in [-0.3, -0.25) is 19.3 Å². The van der Waals surface area contributed by atoms with Crippen LogP contribution >= 0.6 is 0 Å². The molecule has 3 N–H and O–H groups in total. The van der Waals surface area contributed by atoms with Gasteiger partial charge in [-0.05, 0) is 32.1 Å². The normalized spacial score (nSPS) is 39.9. The highest BCUT2D eigenvalue weighted by Gasteiger charge is 2.49. The van der Waals surface area contributed by atoms with Gasteiger partial charge in [-0.25, -0.2) is 8.78 Å². The van der Waals surface area contributed by atoms with Gasteiger partial charge in [0.05, 0.1) is 31.3 Å². The molecule has 0 radical (unpaired) electrons. The number of alkyl halides is 2. The van der Waals surface area contributed by atoms with Gasteiger partial charge in [0, 0.05) is 63.6 Å². The number of carbonyl (C=O) groups excluding carboxylic acids is 3. The van der Waals surface area contributed by atoms with Crippen LogP contribution in [0.1, 0.15) is 51.4 Å². The van der Waals surface area contributed by atoms with Crippen LogP contribution in [0.4, 0.5) is 8.78 Å². The number of rotatable bonds is 2. The fraction of sp³-hybridized carbons (Fsp3) is 0.889. The fourth-order valence-electron chi connectivity index (χ4n) is 7.13. The van der Waals surface area contributed by atoms with Gasteiger partial charge in [0.1, 0.15) is 18.3 Å². The highest BCUT2D eigenvalue weighted by Crippen LogP contribution is 2.38. The zero-order valence-electron chi connectivity index (χ0n) is 22.6. The number of carbonyl (C=O) groups is 3. The van der Waals surface area contributed by atoms with Crippen molar-refractivity contribution in [3.8, 4) is 0 Å². The molecule has 6 aliphatic rings. The summed E-state index contributed by atoms with van der Waals surface area (Å²) in [7, 11) is 0. The SMILES string of the molecule is O=C1C[C@@H]2O[C@H](CN(C(=O)C3CC3)C[C@@H]3CN(CCO3)C(=O)[C@@H]3C[C@@H](CN3C3CCC(F)(F)CC3)N1)[C@@H](O)[C@H]2O. The molecule has 4 aliphatic heterocycles. The first-order valence-corrected chi connectivity index (χ1v) is 14.7. The van der Waals surface area contributed by atoms with Crippen molar-refractivity contribution in [1.29, 1.82) is 0 Å². The van der Waals surface area contributed by atoms with Gasteiger partial charge in [0.15, 0.2) is 0 Å². The molecule has 7 atom stereocenters. The van der Waals surface area contributed by atoms with Gasteiger partial charge in [0.25, 0.3) is 0 Å². The topological polar surface area (TPSA) is 132 Å². The van der Waals surface area contributed by atoms with Gasteiger partial charge in [-0.2, -0.15) is 0 Å². The van der Waals surface area contributed by atoms with E-state index in [-0.39, 0.29) is 87.5 Å². The number of hydrogen-bond acceptors (Lipinski definition) is 8. The summed E-state index contributed by atoms with van der Waals surface area (Å²) in [5.41, 5.74) is 0. The van der Waals surface area contributed by atoms with Crippen LogP contribution in [-0.2, 0) is 23.9 Å². The molecule has 2 saturated carbocycles. The van der Waals surface area contributed by atoms with Gasteiger partial charge in [0.2, 0.25) is 23.6 Å². The average molecular weight is 571 g/mol. The summed E-state index contributed by atoms with van der Waals surface area (Å²) >= 11 is 0. The van der Waals surface area contributed by atoms with Crippen LogP contribution in [0.15, 0.2) is 0 Å². The van der Waals surface area contributed by atoms with E-state index in [9.17, 15) is 33.4 Å². The molecule has 3 amide bonds. The summed E-state index contributed by atoms with van der Waals surface area (Å²) in [5.74, 6) is -3.35. The molecule has 13 heteroatoms. The van der Waals surface area contributed by atoms with Gasteiger partial charge in [-0.1, -0.05) is 0 Å². The van der Waals surface area contributed by atoms with E-state index in [4.69, 9.17) is 9.47 Å². The van der Waals surface area contributed by atoms with Gasteiger partial charge in [-0.15, -0.1) is 0 Å². The number of nitrogens with one attached hydrogen (secondary N) is 1. The molecule has 6 fully saturated rings. The summed E-state index contributed by atoms with van der Waals surface area (Å²) in [6.45, 7) is 1.58. The van der Waals surface area contributed by atoms with Crippen LogP contribution in [-0.4, -0.2) is 137 Å². The maximum absolute atomic E-state index is 13.9. The molecule has 0 spiro atoms. The second-order valence-corrected chi connectivity index (χ2v) is 12.5. The monoisotopic (exact) mass is 570 g/mol. The Labute approximate surface area is 232 Å². The van der Waals surface area contributed by atoms with Gasteiger partial charge < -0.3 is 34.8 Å². The minimum atomic E-state index is -2.69. The molecule has 4 saturated heterocycles. The maximum atomic E-state index is 13.9. The Bertz CT molecular complexity index is 990. The lowest BCUT2D eigenvalue weighted by Crippen LogP contribution is -2.56. The average Bonchev–Trinajstić information content (AvgIpc) is 3.64. The molecular weight excluding hydrogens is 530 g/mol. The van der Waals surface area contributed by atoms with Crippen LogP contribution in [0.25, 0.3) is 0 Å². The number of amides is 3. The van der Waals surface area contributed by atoms with Crippen molar-refractivity contribution >= 4 is 17.7 Å². The van der Waals surface area contributed by atoms with Crippen molar-refractivity contribution in [3.05, 3.63) is 0 Å². The number of morpholine rings is 1. The summed E-state index contributed by atoms with van der Waals surface area (Å²) < 4.78 is 39.8.